The van der Waals surface area contributed by atoms with Crippen LogP contribution in [0.2, 0.25) is 5.02 Å². The minimum Gasteiger partial charge on any atom is -0.393 e. The molecule has 3 fully saturated rings. The Morgan fingerprint density at radius 1 is 1.23 bits per heavy atom. The van der Waals surface area contributed by atoms with Gasteiger partial charge in [-0.15, -0.1) is 0 Å². The SMILES string of the molecule is O=C1N([C@H]2CC[C@@H](O)CC2)CC[C@]12CCCN(c1ncc(Br)cc1Cl)C2. The van der Waals surface area contributed by atoms with Gasteiger partial charge in [-0.25, -0.2) is 4.98 Å². The highest BCUT2D eigenvalue weighted by Crippen LogP contribution is 2.44. The van der Waals surface area contributed by atoms with Crippen molar-refractivity contribution in [3.8, 4) is 0 Å². The Labute approximate surface area is 167 Å². The maximum Gasteiger partial charge on any atom is 0.230 e. The summed E-state index contributed by atoms with van der Waals surface area (Å²) in [4.78, 5) is 22.1. The van der Waals surface area contributed by atoms with Crippen molar-refractivity contribution in [2.45, 2.75) is 57.1 Å². The van der Waals surface area contributed by atoms with Gasteiger partial charge in [-0.1, -0.05) is 11.6 Å². The molecule has 1 N–H and O–H groups in total. The molecule has 1 atom stereocenters. The fraction of sp³-hybridized carbons (Fsp3) is 0.684. The molecule has 1 spiro atoms. The summed E-state index contributed by atoms with van der Waals surface area (Å²) in [6, 6.07) is 2.16. The largest absolute Gasteiger partial charge is 0.393 e. The topological polar surface area (TPSA) is 56.7 Å². The maximum absolute atomic E-state index is 13.4. The Kier molecular flexibility index (Phi) is 5.19. The number of aromatic nitrogens is 1. The van der Waals surface area contributed by atoms with E-state index < -0.39 is 0 Å². The van der Waals surface area contributed by atoms with E-state index in [4.69, 9.17) is 11.6 Å². The first kappa shape index (κ1) is 18.5. The summed E-state index contributed by atoms with van der Waals surface area (Å²) in [5.74, 6) is 1.08. The van der Waals surface area contributed by atoms with E-state index in [1.165, 1.54) is 0 Å². The van der Waals surface area contributed by atoms with Crippen LogP contribution >= 0.6 is 27.5 Å². The number of piperidine rings is 1. The first-order valence-electron chi connectivity index (χ1n) is 9.54. The van der Waals surface area contributed by atoms with E-state index in [-0.39, 0.29) is 11.5 Å². The van der Waals surface area contributed by atoms with Gasteiger partial charge in [-0.2, -0.15) is 0 Å². The minimum absolute atomic E-state index is 0.186. The zero-order valence-electron chi connectivity index (χ0n) is 14.8. The molecule has 2 aliphatic heterocycles. The number of likely N-dealkylation sites (tertiary alicyclic amines) is 1. The van der Waals surface area contributed by atoms with Crippen LogP contribution in [-0.2, 0) is 4.79 Å². The Morgan fingerprint density at radius 3 is 2.73 bits per heavy atom. The van der Waals surface area contributed by atoms with Crippen molar-refractivity contribution in [1.82, 2.24) is 9.88 Å². The van der Waals surface area contributed by atoms with Crippen LogP contribution in [0.3, 0.4) is 0 Å². The van der Waals surface area contributed by atoms with E-state index in [0.29, 0.717) is 23.5 Å². The molecule has 142 valence electrons. The number of hydrogen-bond acceptors (Lipinski definition) is 4. The van der Waals surface area contributed by atoms with Crippen LogP contribution in [0.4, 0.5) is 5.82 Å². The second-order valence-corrected chi connectivity index (χ2v) is 9.30. The Bertz CT molecular complexity index is 695. The highest BCUT2D eigenvalue weighted by molar-refractivity contribution is 9.10. The summed E-state index contributed by atoms with van der Waals surface area (Å²) >= 11 is 9.81. The number of rotatable bonds is 2. The molecule has 1 amide bonds. The van der Waals surface area contributed by atoms with Crippen LogP contribution in [-0.4, -0.2) is 52.7 Å². The second kappa shape index (κ2) is 7.28. The first-order valence-corrected chi connectivity index (χ1v) is 10.7. The molecule has 3 aliphatic rings. The van der Waals surface area contributed by atoms with E-state index in [2.05, 4.69) is 30.7 Å². The smallest absolute Gasteiger partial charge is 0.230 e. The quantitative estimate of drug-likeness (QED) is 0.760. The van der Waals surface area contributed by atoms with E-state index in [0.717, 1.165) is 68.3 Å². The third-order valence-corrected chi connectivity index (χ3v) is 7.03. The molecule has 0 aromatic carbocycles. The molecule has 1 saturated carbocycles. The molecule has 4 rings (SSSR count). The molecule has 26 heavy (non-hydrogen) atoms. The van der Waals surface area contributed by atoms with Gasteiger partial charge in [0, 0.05) is 36.3 Å². The molecular formula is C19H25BrClN3O2. The highest BCUT2D eigenvalue weighted by Gasteiger charge is 2.50. The number of pyridine rings is 1. The number of aliphatic hydroxyl groups excluding tert-OH is 1. The van der Waals surface area contributed by atoms with Crippen molar-refractivity contribution >= 4 is 39.3 Å². The Hall–Kier alpha value is -0.850. The van der Waals surface area contributed by atoms with Crippen molar-refractivity contribution in [1.29, 1.82) is 0 Å². The number of aliphatic hydroxyl groups is 1. The highest BCUT2D eigenvalue weighted by atomic mass is 79.9. The van der Waals surface area contributed by atoms with Crippen molar-refractivity contribution < 1.29 is 9.90 Å². The summed E-state index contributed by atoms with van der Waals surface area (Å²) in [5, 5.41) is 10.4. The number of carbonyl (C=O) groups is 1. The van der Waals surface area contributed by atoms with E-state index in [1.807, 2.05) is 6.07 Å². The van der Waals surface area contributed by atoms with Crippen molar-refractivity contribution in [3.63, 3.8) is 0 Å². The van der Waals surface area contributed by atoms with Crippen LogP contribution in [0.25, 0.3) is 0 Å². The lowest BCUT2D eigenvalue weighted by molar-refractivity contribution is -0.139. The summed E-state index contributed by atoms with van der Waals surface area (Å²) in [7, 11) is 0. The zero-order valence-corrected chi connectivity index (χ0v) is 17.2. The fourth-order valence-electron chi connectivity index (χ4n) is 4.90. The zero-order chi connectivity index (χ0) is 18.3. The van der Waals surface area contributed by atoms with Crippen LogP contribution < -0.4 is 4.90 Å². The maximum atomic E-state index is 13.4. The van der Waals surface area contributed by atoms with Crippen LogP contribution in [0.1, 0.15) is 44.9 Å². The number of anilines is 1. The van der Waals surface area contributed by atoms with Gasteiger partial charge in [-0.05, 0) is 66.9 Å². The molecular weight excluding hydrogens is 418 g/mol. The van der Waals surface area contributed by atoms with Gasteiger partial charge < -0.3 is 14.9 Å². The van der Waals surface area contributed by atoms with Gasteiger partial charge in [0.2, 0.25) is 5.91 Å². The summed E-state index contributed by atoms with van der Waals surface area (Å²) in [5.41, 5.74) is -0.299. The predicted molar refractivity (Wildman–Crippen MR) is 105 cm³/mol. The van der Waals surface area contributed by atoms with Gasteiger partial charge in [-0.3, -0.25) is 4.79 Å². The van der Waals surface area contributed by atoms with Gasteiger partial charge in [0.15, 0.2) is 0 Å². The molecule has 1 aromatic heterocycles. The van der Waals surface area contributed by atoms with Crippen LogP contribution in [0.5, 0.6) is 0 Å². The van der Waals surface area contributed by atoms with Gasteiger partial charge >= 0.3 is 0 Å². The Morgan fingerprint density at radius 2 is 2.00 bits per heavy atom. The number of amides is 1. The predicted octanol–water partition coefficient (Wildman–Crippen LogP) is 3.62. The molecule has 1 aliphatic carbocycles. The molecule has 0 radical (unpaired) electrons. The second-order valence-electron chi connectivity index (χ2n) is 7.98. The van der Waals surface area contributed by atoms with Crippen molar-refractivity contribution in [2.24, 2.45) is 5.41 Å². The van der Waals surface area contributed by atoms with Crippen LogP contribution in [0.15, 0.2) is 16.7 Å². The number of nitrogens with zero attached hydrogens (tertiary/aromatic N) is 3. The van der Waals surface area contributed by atoms with Crippen molar-refractivity contribution in [3.05, 3.63) is 21.8 Å². The molecule has 1 aromatic rings. The monoisotopic (exact) mass is 441 g/mol. The third kappa shape index (κ3) is 3.36. The number of hydrogen-bond donors (Lipinski definition) is 1. The molecule has 3 heterocycles. The number of carbonyl (C=O) groups excluding carboxylic acids is 1. The summed E-state index contributed by atoms with van der Waals surface area (Å²) < 4.78 is 0.862. The summed E-state index contributed by atoms with van der Waals surface area (Å²) in [6.45, 7) is 2.43. The normalized spacial score (nSPS) is 32.5. The summed E-state index contributed by atoms with van der Waals surface area (Å²) in [6.07, 6.45) is 7.89. The standard InChI is InChI=1S/C19H25BrClN3O2/c20-13-10-16(21)17(22-11-13)23-8-1-6-19(12-23)7-9-24(18(19)26)14-2-4-15(25)5-3-14/h10-11,14-15,25H,1-9,12H2/t14-,15+,19-/m0/s1. The third-order valence-electron chi connectivity index (χ3n) is 6.32. The minimum atomic E-state index is -0.299. The molecule has 0 unspecified atom stereocenters. The lowest BCUT2D eigenvalue weighted by Crippen LogP contribution is -2.50. The van der Waals surface area contributed by atoms with Gasteiger partial charge in [0.1, 0.15) is 5.82 Å². The van der Waals surface area contributed by atoms with Gasteiger partial charge in [0.05, 0.1) is 16.5 Å². The lowest BCUT2D eigenvalue weighted by atomic mass is 9.78. The number of halogens is 2. The van der Waals surface area contributed by atoms with E-state index in [1.54, 1.807) is 6.20 Å². The average Bonchev–Trinajstić information content (AvgIpc) is 2.92. The Balaban J connectivity index is 1.50. The molecule has 2 saturated heterocycles. The molecule has 5 nitrogen and oxygen atoms in total. The fourth-order valence-corrected chi connectivity index (χ4v) is 5.65. The average molecular weight is 443 g/mol. The van der Waals surface area contributed by atoms with Gasteiger partial charge in [0.25, 0.3) is 0 Å². The lowest BCUT2D eigenvalue weighted by Gasteiger charge is -2.41. The van der Waals surface area contributed by atoms with E-state index in [9.17, 15) is 9.90 Å². The van der Waals surface area contributed by atoms with E-state index >= 15 is 0 Å². The van der Waals surface area contributed by atoms with Crippen LogP contribution in [0, 0.1) is 5.41 Å². The first-order chi connectivity index (χ1) is 12.5. The molecule has 7 heteroatoms. The molecule has 0 bridgehead atoms. The van der Waals surface area contributed by atoms with Crippen molar-refractivity contribution in [2.75, 3.05) is 24.5 Å².